The Balaban J connectivity index is 1.39. The first-order valence-corrected chi connectivity index (χ1v) is 10.7. The number of fused-ring (bicyclic) bond motifs is 2. The van der Waals surface area contributed by atoms with Gasteiger partial charge in [-0.15, -0.1) is 16.9 Å². The number of aliphatic hydroxyl groups excluding tert-OH is 1. The Bertz CT molecular complexity index is 1140. The molecule has 9 heteroatoms. The van der Waals surface area contributed by atoms with Gasteiger partial charge < -0.3 is 5.11 Å². The van der Waals surface area contributed by atoms with Crippen molar-refractivity contribution in [3.8, 4) is 0 Å². The predicted molar refractivity (Wildman–Crippen MR) is 118 cm³/mol. The molecular weight excluding hydrogens is 398 g/mol. The molecule has 5 heterocycles. The Morgan fingerprint density at radius 1 is 1.27 bits per heavy atom. The van der Waals surface area contributed by atoms with E-state index in [0.717, 1.165) is 42.1 Å². The number of nitrogens with one attached hydrogen (secondary N) is 2. The standard InChI is InChI=1S/C21H23N7OS/c1-14-2-3-15(17-11-24-27(12-17)6-7-29)10-23-21-20(14)28(26-25-21)13-18-8-16-9-22-5-4-19(16)30-18/h4-5,8-12,26,29H,2-3,6-7,13H2,1H3,(H,23,25). The van der Waals surface area contributed by atoms with Gasteiger partial charge in [0.1, 0.15) is 0 Å². The predicted octanol–water partition coefficient (Wildman–Crippen LogP) is 2.82. The van der Waals surface area contributed by atoms with Crippen molar-refractivity contribution in [2.45, 2.75) is 32.9 Å². The number of aliphatic imine (C=N–C) groups is 1. The molecule has 0 aliphatic carbocycles. The minimum atomic E-state index is 0.0788. The zero-order chi connectivity index (χ0) is 20.5. The number of amidine groups is 1. The zero-order valence-corrected chi connectivity index (χ0v) is 17.5. The number of aromatic nitrogens is 3. The lowest BCUT2D eigenvalue weighted by atomic mass is 9.99. The second-order valence-electron chi connectivity index (χ2n) is 7.43. The number of pyridine rings is 1. The molecule has 0 unspecified atom stereocenters. The summed E-state index contributed by atoms with van der Waals surface area (Å²) < 4.78 is 3.01. The maximum absolute atomic E-state index is 9.11. The normalized spacial score (nSPS) is 16.8. The third-order valence-corrected chi connectivity index (χ3v) is 6.44. The van der Waals surface area contributed by atoms with E-state index in [0.29, 0.717) is 6.54 Å². The molecule has 0 bridgehead atoms. The molecule has 2 aliphatic heterocycles. The molecule has 30 heavy (non-hydrogen) atoms. The molecule has 8 nitrogen and oxygen atoms in total. The van der Waals surface area contributed by atoms with Crippen molar-refractivity contribution < 1.29 is 5.11 Å². The molecule has 0 radical (unpaired) electrons. The van der Waals surface area contributed by atoms with Crippen molar-refractivity contribution >= 4 is 32.8 Å². The van der Waals surface area contributed by atoms with E-state index in [9.17, 15) is 0 Å². The molecule has 5 rings (SSSR count). The van der Waals surface area contributed by atoms with Gasteiger partial charge in [-0.2, -0.15) is 5.10 Å². The largest absolute Gasteiger partial charge is 0.394 e. The van der Waals surface area contributed by atoms with Gasteiger partial charge in [0.25, 0.3) is 0 Å². The summed E-state index contributed by atoms with van der Waals surface area (Å²) in [6, 6.07) is 4.26. The summed E-state index contributed by atoms with van der Waals surface area (Å²) in [6.45, 7) is 3.50. The van der Waals surface area contributed by atoms with Crippen molar-refractivity contribution in [2.75, 3.05) is 6.61 Å². The van der Waals surface area contributed by atoms with E-state index in [1.807, 2.05) is 31.0 Å². The summed E-state index contributed by atoms with van der Waals surface area (Å²) in [5, 5.41) is 16.7. The quantitative estimate of drug-likeness (QED) is 0.587. The summed E-state index contributed by atoms with van der Waals surface area (Å²) in [7, 11) is 0. The second-order valence-corrected chi connectivity index (χ2v) is 8.59. The van der Waals surface area contributed by atoms with Crippen LogP contribution in [0.2, 0.25) is 0 Å². The first-order valence-electron chi connectivity index (χ1n) is 9.93. The number of thiophene rings is 1. The SMILES string of the molecule is CC1=C2C(=NC=C(c3cnn(CCO)c3)CC1)NNN2Cc1cc2cnccc2s1. The third-order valence-electron chi connectivity index (χ3n) is 5.34. The lowest BCUT2D eigenvalue weighted by Crippen LogP contribution is -2.35. The Morgan fingerprint density at radius 2 is 2.20 bits per heavy atom. The van der Waals surface area contributed by atoms with E-state index in [-0.39, 0.29) is 6.61 Å². The number of hydrazine groups is 2. The highest BCUT2D eigenvalue weighted by atomic mass is 32.1. The lowest BCUT2D eigenvalue weighted by molar-refractivity contribution is 0.260. The molecule has 0 atom stereocenters. The molecule has 0 saturated carbocycles. The van der Waals surface area contributed by atoms with E-state index in [2.05, 4.69) is 45.1 Å². The molecule has 1 fully saturated rings. The molecule has 0 aromatic carbocycles. The van der Waals surface area contributed by atoms with E-state index in [1.165, 1.54) is 20.5 Å². The van der Waals surface area contributed by atoms with Crippen LogP contribution in [0.4, 0.5) is 0 Å². The smallest absolute Gasteiger partial charge is 0.166 e. The van der Waals surface area contributed by atoms with Gasteiger partial charge in [0.05, 0.1) is 31.6 Å². The number of hydrogen-bond donors (Lipinski definition) is 3. The van der Waals surface area contributed by atoms with Gasteiger partial charge in [-0.1, -0.05) is 0 Å². The van der Waals surface area contributed by atoms with Crippen molar-refractivity contribution in [2.24, 2.45) is 4.99 Å². The Morgan fingerprint density at radius 3 is 3.07 bits per heavy atom. The second kappa shape index (κ2) is 8.02. The van der Waals surface area contributed by atoms with E-state index in [4.69, 9.17) is 10.1 Å². The number of rotatable bonds is 5. The number of nitrogens with zero attached hydrogens (tertiary/aromatic N) is 5. The fourth-order valence-corrected chi connectivity index (χ4v) is 4.82. The Kier molecular flexibility index (Phi) is 5.07. The summed E-state index contributed by atoms with van der Waals surface area (Å²) in [5.41, 5.74) is 11.1. The van der Waals surface area contributed by atoms with E-state index in [1.54, 1.807) is 16.0 Å². The molecule has 0 spiro atoms. The maximum Gasteiger partial charge on any atom is 0.166 e. The van der Waals surface area contributed by atoms with Gasteiger partial charge in [-0.3, -0.25) is 20.1 Å². The van der Waals surface area contributed by atoms with Crippen LogP contribution in [0.3, 0.4) is 0 Å². The topological polar surface area (TPSA) is 90.6 Å². The first kappa shape index (κ1) is 19.0. The van der Waals surface area contributed by atoms with Crippen LogP contribution in [-0.2, 0) is 13.1 Å². The first-order chi connectivity index (χ1) is 14.7. The minimum Gasteiger partial charge on any atom is -0.394 e. The highest BCUT2D eigenvalue weighted by Crippen LogP contribution is 2.30. The van der Waals surface area contributed by atoms with Gasteiger partial charge >= 0.3 is 0 Å². The van der Waals surface area contributed by atoms with Crippen LogP contribution in [0.1, 0.15) is 30.2 Å². The van der Waals surface area contributed by atoms with Crippen LogP contribution in [0.25, 0.3) is 15.7 Å². The highest BCUT2D eigenvalue weighted by Gasteiger charge is 2.27. The van der Waals surface area contributed by atoms with Crippen molar-refractivity contribution in [1.29, 1.82) is 0 Å². The maximum atomic E-state index is 9.11. The van der Waals surface area contributed by atoms with Crippen LogP contribution in [0.15, 0.2) is 59.4 Å². The van der Waals surface area contributed by atoms with Gasteiger partial charge in [-0.25, -0.2) is 4.99 Å². The van der Waals surface area contributed by atoms with Gasteiger partial charge in [0.15, 0.2) is 5.84 Å². The Hall–Kier alpha value is -3.01. The van der Waals surface area contributed by atoms with Crippen molar-refractivity contribution in [1.82, 2.24) is 30.7 Å². The van der Waals surface area contributed by atoms with Crippen molar-refractivity contribution in [3.63, 3.8) is 0 Å². The highest BCUT2D eigenvalue weighted by molar-refractivity contribution is 7.19. The molecular formula is C21H23N7OS. The van der Waals surface area contributed by atoms with Crippen LogP contribution in [0, 0.1) is 0 Å². The average Bonchev–Trinajstić information content (AvgIpc) is 3.45. The van der Waals surface area contributed by atoms with Gasteiger partial charge in [0, 0.05) is 45.3 Å². The summed E-state index contributed by atoms with van der Waals surface area (Å²) in [6.07, 6.45) is 11.3. The van der Waals surface area contributed by atoms with Gasteiger partial charge in [0.2, 0.25) is 0 Å². The molecule has 3 N–H and O–H groups in total. The molecule has 154 valence electrons. The number of aliphatic hydroxyl groups is 1. The third kappa shape index (κ3) is 3.62. The minimum absolute atomic E-state index is 0.0788. The summed E-state index contributed by atoms with van der Waals surface area (Å²) >= 11 is 1.79. The molecule has 3 aromatic heterocycles. The number of hydrogen-bond acceptors (Lipinski definition) is 8. The average molecular weight is 422 g/mol. The van der Waals surface area contributed by atoms with E-state index >= 15 is 0 Å². The molecule has 0 amide bonds. The molecule has 2 aliphatic rings. The number of allylic oxidation sites excluding steroid dienone is 2. The zero-order valence-electron chi connectivity index (χ0n) is 16.7. The molecule has 3 aromatic rings. The van der Waals surface area contributed by atoms with Crippen LogP contribution >= 0.6 is 11.3 Å². The van der Waals surface area contributed by atoms with Crippen LogP contribution in [0.5, 0.6) is 0 Å². The monoisotopic (exact) mass is 421 g/mol. The fourth-order valence-electron chi connectivity index (χ4n) is 3.80. The summed E-state index contributed by atoms with van der Waals surface area (Å²) in [4.78, 5) is 10.2. The van der Waals surface area contributed by atoms with E-state index < -0.39 is 0 Å². The fraction of sp³-hybridized carbons (Fsp3) is 0.286. The Labute approximate surface area is 178 Å². The van der Waals surface area contributed by atoms with Crippen LogP contribution in [-0.4, -0.2) is 37.3 Å². The van der Waals surface area contributed by atoms with Crippen LogP contribution < -0.4 is 11.0 Å². The van der Waals surface area contributed by atoms with Gasteiger partial charge in [-0.05, 0) is 43.0 Å². The van der Waals surface area contributed by atoms with Crippen molar-refractivity contribution in [3.05, 3.63) is 64.8 Å². The summed E-state index contributed by atoms with van der Waals surface area (Å²) in [5.74, 6) is 0.829. The lowest BCUT2D eigenvalue weighted by Gasteiger charge is -2.20. The molecule has 1 saturated heterocycles.